The molecule has 1 N–H and O–H groups in total. The van der Waals surface area contributed by atoms with Crippen LogP contribution in [-0.4, -0.2) is 34.0 Å². The summed E-state index contributed by atoms with van der Waals surface area (Å²) in [5.74, 6) is -0.493. The van der Waals surface area contributed by atoms with Crippen LogP contribution in [0.15, 0.2) is 46.1 Å². The molecule has 1 aromatic carbocycles. The summed E-state index contributed by atoms with van der Waals surface area (Å²) in [6.07, 6.45) is 0.172. The van der Waals surface area contributed by atoms with Gasteiger partial charge in [-0.3, -0.25) is 23.9 Å². The number of ketones is 1. The topological polar surface area (TPSA) is 107 Å². The predicted molar refractivity (Wildman–Crippen MR) is 88.8 cm³/mol. The number of hydrogen-bond acceptors (Lipinski definition) is 6. The van der Waals surface area contributed by atoms with Gasteiger partial charge in [-0.05, 0) is 38.1 Å². The molecule has 0 unspecified atom stereocenters. The lowest BCUT2D eigenvalue weighted by Gasteiger charge is -2.13. The van der Waals surface area contributed by atoms with E-state index in [2.05, 4.69) is 0 Å². The SMILES string of the molecule is CCOc1ccc(C(=O)[C@H](C)OC(=O)Cn2ccc(=O)[nH]c2=O)cc1. The van der Waals surface area contributed by atoms with Crippen LogP contribution in [-0.2, 0) is 16.1 Å². The summed E-state index contributed by atoms with van der Waals surface area (Å²) in [4.78, 5) is 48.7. The summed E-state index contributed by atoms with van der Waals surface area (Å²) < 4.78 is 11.3. The van der Waals surface area contributed by atoms with Gasteiger partial charge in [0.1, 0.15) is 12.3 Å². The van der Waals surface area contributed by atoms with E-state index in [9.17, 15) is 19.2 Å². The minimum Gasteiger partial charge on any atom is -0.494 e. The molecule has 1 heterocycles. The van der Waals surface area contributed by atoms with E-state index < -0.39 is 29.9 Å². The highest BCUT2D eigenvalue weighted by Gasteiger charge is 2.20. The van der Waals surface area contributed by atoms with Gasteiger partial charge >= 0.3 is 11.7 Å². The van der Waals surface area contributed by atoms with Gasteiger partial charge in [-0.2, -0.15) is 0 Å². The molecule has 0 aliphatic heterocycles. The van der Waals surface area contributed by atoms with Gasteiger partial charge < -0.3 is 9.47 Å². The molecule has 25 heavy (non-hydrogen) atoms. The number of benzene rings is 1. The number of carbonyl (C=O) groups excluding carboxylic acids is 2. The first-order valence-corrected chi connectivity index (χ1v) is 7.67. The lowest BCUT2D eigenvalue weighted by molar-refractivity contribution is -0.147. The number of H-pyrrole nitrogens is 1. The second kappa shape index (κ2) is 8.09. The average molecular weight is 346 g/mol. The number of rotatable bonds is 7. The van der Waals surface area contributed by atoms with Crippen molar-refractivity contribution < 1.29 is 19.1 Å². The Labute approximate surface area is 143 Å². The minimum absolute atomic E-state index is 0.370. The molecule has 0 amide bonds. The molecule has 0 bridgehead atoms. The van der Waals surface area contributed by atoms with E-state index in [1.165, 1.54) is 13.1 Å². The van der Waals surface area contributed by atoms with Crippen molar-refractivity contribution in [2.45, 2.75) is 26.5 Å². The minimum atomic E-state index is -1.01. The molecule has 1 atom stereocenters. The number of hydrogen-bond donors (Lipinski definition) is 1. The lowest BCUT2D eigenvalue weighted by Crippen LogP contribution is -2.33. The van der Waals surface area contributed by atoms with Crippen LogP contribution >= 0.6 is 0 Å². The molecule has 0 spiro atoms. The van der Waals surface area contributed by atoms with E-state index in [1.807, 2.05) is 11.9 Å². The molecular weight excluding hydrogens is 328 g/mol. The highest BCUT2D eigenvalue weighted by atomic mass is 16.5. The van der Waals surface area contributed by atoms with Crippen LogP contribution < -0.4 is 16.0 Å². The molecule has 2 aromatic rings. The van der Waals surface area contributed by atoms with Crippen molar-refractivity contribution in [3.8, 4) is 5.75 Å². The second-order valence-electron chi connectivity index (χ2n) is 5.19. The van der Waals surface area contributed by atoms with E-state index in [0.717, 1.165) is 10.6 Å². The Morgan fingerprint density at radius 3 is 2.44 bits per heavy atom. The van der Waals surface area contributed by atoms with Crippen LogP contribution in [0.25, 0.3) is 0 Å². The van der Waals surface area contributed by atoms with Gasteiger partial charge in [0.15, 0.2) is 6.10 Å². The van der Waals surface area contributed by atoms with Crippen LogP contribution in [0.4, 0.5) is 0 Å². The molecule has 0 saturated heterocycles. The molecule has 8 nitrogen and oxygen atoms in total. The molecule has 0 saturated carbocycles. The van der Waals surface area contributed by atoms with Gasteiger partial charge in [0.05, 0.1) is 6.61 Å². The molecule has 8 heteroatoms. The molecule has 0 radical (unpaired) electrons. The quantitative estimate of drug-likeness (QED) is 0.585. The summed E-state index contributed by atoms with van der Waals surface area (Å²) in [6, 6.07) is 7.60. The molecule has 0 aliphatic carbocycles. The number of ether oxygens (including phenoxy) is 2. The lowest BCUT2D eigenvalue weighted by atomic mass is 10.1. The second-order valence-corrected chi connectivity index (χ2v) is 5.19. The van der Waals surface area contributed by atoms with Crippen LogP contribution in [0.5, 0.6) is 5.75 Å². The first-order chi connectivity index (χ1) is 11.9. The molecule has 1 aromatic heterocycles. The van der Waals surface area contributed by atoms with Crippen molar-refractivity contribution in [3.63, 3.8) is 0 Å². The fraction of sp³-hybridized carbons (Fsp3) is 0.294. The number of esters is 1. The maximum absolute atomic E-state index is 12.3. The fourth-order valence-electron chi connectivity index (χ4n) is 2.11. The number of aromatic amines is 1. The number of Topliss-reactive ketones (excluding diaryl/α,β-unsaturated/α-hetero) is 1. The average Bonchev–Trinajstić information content (AvgIpc) is 2.57. The van der Waals surface area contributed by atoms with E-state index in [-0.39, 0.29) is 5.78 Å². The fourth-order valence-corrected chi connectivity index (χ4v) is 2.11. The Hall–Kier alpha value is -3.16. The number of aromatic nitrogens is 2. The molecule has 0 fully saturated rings. The van der Waals surface area contributed by atoms with Gasteiger partial charge in [0.25, 0.3) is 5.56 Å². The Balaban J connectivity index is 1.98. The zero-order valence-electron chi connectivity index (χ0n) is 13.9. The van der Waals surface area contributed by atoms with Crippen molar-refractivity contribution >= 4 is 11.8 Å². The molecular formula is C17H18N2O6. The molecule has 132 valence electrons. The predicted octanol–water partition coefficient (Wildman–Crippen LogP) is 0.750. The largest absolute Gasteiger partial charge is 0.494 e. The van der Waals surface area contributed by atoms with Crippen molar-refractivity contribution in [1.82, 2.24) is 9.55 Å². The Kier molecular flexibility index (Phi) is 5.89. The highest BCUT2D eigenvalue weighted by molar-refractivity contribution is 6.00. The third kappa shape index (κ3) is 4.90. The third-order valence-electron chi connectivity index (χ3n) is 3.32. The smallest absolute Gasteiger partial charge is 0.328 e. The maximum atomic E-state index is 12.3. The van der Waals surface area contributed by atoms with E-state index in [4.69, 9.17) is 9.47 Å². The number of nitrogens with one attached hydrogen (secondary N) is 1. The van der Waals surface area contributed by atoms with Crippen LogP contribution in [0, 0.1) is 0 Å². The zero-order valence-corrected chi connectivity index (χ0v) is 13.9. The van der Waals surface area contributed by atoms with Crippen molar-refractivity contribution in [2.75, 3.05) is 6.61 Å². The summed E-state index contributed by atoms with van der Waals surface area (Å²) in [5.41, 5.74) is -0.909. The van der Waals surface area contributed by atoms with Gasteiger partial charge in [-0.15, -0.1) is 0 Å². The summed E-state index contributed by atoms with van der Waals surface area (Å²) >= 11 is 0. The van der Waals surface area contributed by atoms with Crippen molar-refractivity contribution in [1.29, 1.82) is 0 Å². The third-order valence-corrected chi connectivity index (χ3v) is 3.32. The van der Waals surface area contributed by atoms with Gasteiger partial charge in [0, 0.05) is 17.8 Å². The Morgan fingerprint density at radius 2 is 1.84 bits per heavy atom. The van der Waals surface area contributed by atoms with Crippen LogP contribution in [0.1, 0.15) is 24.2 Å². The van der Waals surface area contributed by atoms with Crippen molar-refractivity contribution in [3.05, 3.63) is 62.9 Å². The van der Waals surface area contributed by atoms with Crippen LogP contribution in [0.3, 0.4) is 0 Å². The van der Waals surface area contributed by atoms with E-state index in [1.54, 1.807) is 24.3 Å². The number of nitrogens with zero attached hydrogens (tertiary/aromatic N) is 1. The Morgan fingerprint density at radius 1 is 1.16 bits per heavy atom. The van der Waals surface area contributed by atoms with E-state index >= 15 is 0 Å². The van der Waals surface area contributed by atoms with Gasteiger partial charge in [0.2, 0.25) is 5.78 Å². The maximum Gasteiger partial charge on any atom is 0.328 e. The Bertz CT molecular complexity index is 866. The van der Waals surface area contributed by atoms with E-state index in [0.29, 0.717) is 17.9 Å². The summed E-state index contributed by atoms with van der Waals surface area (Å²) in [6.45, 7) is 3.42. The highest BCUT2D eigenvalue weighted by Crippen LogP contribution is 2.14. The first-order valence-electron chi connectivity index (χ1n) is 7.67. The van der Waals surface area contributed by atoms with Crippen molar-refractivity contribution in [2.24, 2.45) is 0 Å². The first kappa shape index (κ1) is 18.2. The van der Waals surface area contributed by atoms with Gasteiger partial charge in [-0.1, -0.05) is 0 Å². The molecule has 0 aliphatic rings. The monoisotopic (exact) mass is 346 g/mol. The van der Waals surface area contributed by atoms with Gasteiger partial charge in [-0.25, -0.2) is 4.79 Å². The summed E-state index contributed by atoms with van der Waals surface area (Å²) in [5, 5.41) is 0. The number of carbonyl (C=O) groups is 2. The van der Waals surface area contributed by atoms with Crippen LogP contribution in [0.2, 0.25) is 0 Å². The zero-order chi connectivity index (χ0) is 18.4. The normalized spacial score (nSPS) is 11.6. The molecule has 2 rings (SSSR count). The summed E-state index contributed by atoms with van der Waals surface area (Å²) in [7, 11) is 0. The standard InChI is InChI=1S/C17H18N2O6/c1-3-24-13-6-4-12(5-7-13)16(22)11(2)25-15(21)10-19-9-8-14(20)18-17(19)23/h4-9,11H,3,10H2,1-2H3,(H,18,20,23)/t11-/m0/s1.